The number of Topliss-reactive ketones (excluding diaryl/α,β-unsaturated/α-hetero) is 1. The molecule has 3 aromatic carbocycles. The van der Waals surface area contributed by atoms with E-state index in [0.29, 0.717) is 11.3 Å². The Morgan fingerprint density at radius 1 is 0.800 bits per heavy atom. The van der Waals surface area contributed by atoms with Crippen LogP contribution in [0.25, 0.3) is 0 Å². The van der Waals surface area contributed by atoms with Crippen LogP contribution >= 0.6 is 0 Å². The van der Waals surface area contributed by atoms with Gasteiger partial charge in [-0.05, 0) is 35.4 Å². The number of methoxy groups -OCH3 is 1. The molecule has 0 saturated heterocycles. The summed E-state index contributed by atoms with van der Waals surface area (Å²) in [5.74, 6) is 1.14. The van der Waals surface area contributed by atoms with E-state index >= 15 is 0 Å². The molecule has 4 rings (SSSR count). The number of carbonyl (C=O) groups excluding carboxylic acids is 1. The molecule has 1 aliphatic rings. The Balaban J connectivity index is 1.82. The fourth-order valence-corrected chi connectivity index (χ4v) is 3.32. The van der Waals surface area contributed by atoms with Gasteiger partial charge in [0.15, 0.2) is 5.78 Å². The molecule has 3 heteroatoms. The summed E-state index contributed by atoms with van der Waals surface area (Å²) in [6, 6.07) is 25.0. The van der Waals surface area contributed by atoms with Crippen molar-refractivity contribution < 1.29 is 14.3 Å². The van der Waals surface area contributed by atoms with E-state index in [0.717, 1.165) is 16.9 Å². The zero-order valence-electron chi connectivity index (χ0n) is 13.9. The van der Waals surface area contributed by atoms with Crippen LogP contribution in [0.4, 0.5) is 0 Å². The van der Waals surface area contributed by atoms with Crippen LogP contribution in [0.15, 0.2) is 78.9 Å². The summed E-state index contributed by atoms with van der Waals surface area (Å²) in [6.45, 7) is 0. The lowest BCUT2D eigenvalue weighted by Crippen LogP contribution is -2.30. The first-order chi connectivity index (χ1) is 12.3. The van der Waals surface area contributed by atoms with Crippen LogP contribution in [0.2, 0.25) is 0 Å². The van der Waals surface area contributed by atoms with E-state index < -0.39 is 0 Å². The van der Waals surface area contributed by atoms with Crippen molar-refractivity contribution in [3.8, 4) is 11.5 Å². The highest BCUT2D eigenvalue weighted by atomic mass is 16.5. The van der Waals surface area contributed by atoms with Crippen LogP contribution in [0.1, 0.15) is 33.5 Å². The van der Waals surface area contributed by atoms with Crippen molar-refractivity contribution in [2.24, 2.45) is 0 Å². The molecule has 0 aromatic heterocycles. The summed E-state index contributed by atoms with van der Waals surface area (Å²) in [7, 11) is 1.64. The molecule has 0 bridgehead atoms. The number of hydrogen-bond donors (Lipinski definition) is 0. The van der Waals surface area contributed by atoms with E-state index in [-0.39, 0.29) is 17.8 Å². The van der Waals surface area contributed by atoms with Crippen molar-refractivity contribution in [3.05, 3.63) is 95.6 Å². The molecule has 124 valence electrons. The number of benzene rings is 3. The smallest absolute Gasteiger partial charge is 0.178 e. The van der Waals surface area contributed by atoms with Crippen LogP contribution in [-0.2, 0) is 0 Å². The molecule has 1 heterocycles. The lowest BCUT2D eigenvalue weighted by atomic mass is 9.81. The minimum atomic E-state index is -0.371. The molecular weight excluding hydrogens is 312 g/mol. The second-order valence-corrected chi connectivity index (χ2v) is 6.06. The summed E-state index contributed by atoms with van der Waals surface area (Å²) < 4.78 is 11.5. The van der Waals surface area contributed by atoms with Gasteiger partial charge in [0.2, 0.25) is 0 Å². The summed E-state index contributed by atoms with van der Waals surface area (Å²) in [4.78, 5) is 13.2. The van der Waals surface area contributed by atoms with Crippen molar-refractivity contribution in [2.75, 3.05) is 7.11 Å². The highest BCUT2D eigenvalue weighted by molar-refractivity contribution is 6.04. The van der Waals surface area contributed by atoms with Gasteiger partial charge >= 0.3 is 0 Å². The van der Waals surface area contributed by atoms with Crippen LogP contribution in [0, 0.1) is 0 Å². The van der Waals surface area contributed by atoms with E-state index in [1.807, 2.05) is 78.9 Å². The summed E-state index contributed by atoms with van der Waals surface area (Å²) in [5.41, 5.74) is 2.56. The molecular formula is C22H18O3. The van der Waals surface area contributed by atoms with E-state index in [1.54, 1.807) is 7.11 Å². The second kappa shape index (κ2) is 6.44. The van der Waals surface area contributed by atoms with Gasteiger partial charge < -0.3 is 9.47 Å². The molecule has 3 nitrogen and oxygen atoms in total. The number of ketones is 1. The first-order valence-electron chi connectivity index (χ1n) is 8.27. The number of carbonyl (C=O) groups is 1. The minimum absolute atomic E-state index is 0.0915. The zero-order chi connectivity index (χ0) is 17.2. The quantitative estimate of drug-likeness (QED) is 0.692. The van der Waals surface area contributed by atoms with Crippen molar-refractivity contribution in [2.45, 2.75) is 12.0 Å². The predicted molar refractivity (Wildman–Crippen MR) is 96.3 cm³/mol. The van der Waals surface area contributed by atoms with Crippen LogP contribution < -0.4 is 9.47 Å². The Labute approximate surface area is 146 Å². The lowest BCUT2D eigenvalue weighted by Gasteiger charge is -2.33. The zero-order valence-corrected chi connectivity index (χ0v) is 13.9. The Hall–Kier alpha value is -3.07. The lowest BCUT2D eigenvalue weighted by molar-refractivity contribution is 0.0782. The molecule has 0 saturated carbocycles. The van der Waals surface area contributed by atoms with Crippen molar-refractivity contribution in [3.63, 3.8) is 0 Å². The van der Waals surface area contributed by atoms with Crippen LogP contribution in [0.5, 0.6) is 11.5 Å². The monoisotopic (exact) mass is 330 g/mol. The van der Waals surface area contributed by atoms with E-state index in [9.17, 15) is 4.79 Å². The Bertz CT molecular complexity index is 885. The van der Waals surface area contributed by atoms with Crippen molar-refractivity contribution in [1.82, 2.24) is 0 Å². The third-order valence-corrected chi connectivity index (χ3v) is 4.59. The molecule has 3 aromatic rings. The Morgan fingerprint density at radius 3 is 2.20 bits per heavy atom. The molecule has 0 radical (unpaired) electrons. The number of fused-ring (bicyclic) bond motifs is 1. The molecule has 0 fully saturated rings. The van der Waals surface area contributed by atoms with Gasteiger partial charge in [0, 0.05) is 0 Å². The number of rotatable bonds is 3. The SMILES string of the molecule is COc1ccc([C@@H]2Oc3ccccc3C(=O)[C@@H]2c2ccccc2)cc1. The molecule has 1 aliphatic heterocycles. The molecule has 2 atom stereocenters. The van der Waals surface area contributed by atoms with Gasteiger partial charge in [-0.1, -0.05) is 54.6 Å². The number of ether oxygens (including phenoxy) is 2. The molecule has 25 heavy (non-hydrogen) atoms. The molecule has 0 unspecified atom stereocenters. The third-order valence-electron chi connectivity index (χ3n) is 4.59. The topological polar surface area (TPSA) is 35.5 Å². The summed E-state index contributed by atoms with van der Waals surface area (Å²) >= 11 is 0. The van der Waals surface area contributed by atoms with Crippen molar-refractivity contribution in [1.29, 1.82) is 0 Å². The van der Waals surface area contributed by atoms with E-state index in [4.69, 9.17) is 9.47 Å². The van der Waals surface area contributed by atoms with Gasteiger partial charge in [0.05, 0.1) is 18.6 Å². The fourth-order valence-electron chi connectivity index (χ4n) is 3.32. The second-order valence-electron chi connectivity index (χ2n) is 6.06. The van der Waals surface area contributed by atoms with E-state index in [1.165, 1.54) is 0 Å². The molecule has 0 spiro atoms. The predicted octanol–water partition coefficient (Wildman–Crippen LogP) is 4.80. The fraction of sp³-hybridized carbons (Fsp3) is 0.136. The largest absolute Gasteiger partial charge is 0.497 e. The molecule has 0 aliphatic carbocycles. The normalized spacial score (nSPS) is 19.0. The minimum Gasteiger partial charge on any atom is -0.497 e. The van der Waals surface area contributed by atoms with Gasteiger partial charge in [-0.2, -0.15) is 0 Å². The first-order valence-corrected chi connectivity index (χ1v) is 8.27. The van der Waals surface area contributed by atoms with E-state index in [2.05, 4.69) is 0 Å². The standard InChI is InChI=1S/C22H18O3/c1-24-17-13-11-16(12-14-17)22-20(15-7-3-2-4-8-15)21(23)18-9-5-6-10-19(18)25-22/h2-14,20,22H,1H3/t20-,22-/m0/s1. The Kier molecular flexibility index (Phi) is 3.98. The molecule has 0 amide bonds. The number of para-hydroxylation sites is 1. The average Bonchev–Trinajstić information content (AvgIpc) is 2.69. The maximum absolute atomic E-state index is 13.2. The van der Waals surface area contributed by atoms with Gasteiger partial charge in [-0.3, -0.25) is 4.79 Å². The van der Waals surface area contributed by atoms with Gasteiger partial charge in [0.1, 0.15) is 17.6 Å². The van der Waals surface area contributed by atoms with Crippen LogP contribution in [0.3, 0.4) is 0 Å². The average molecular weight is 330 g/mol. The van der Waals surface area contributed by atoms with Gasteiger partial charge in [-0.15, -0.1) is 0 Å². The summed E-state index contributed by atoms with van der Waals surface area (Å²) in [6.07, 6.45) is -0.365. The maximum atomic E-state index is 13.2. The highest BCUT2D eigenvalue weighted by Crippen LogP contribution is 2.43. The van der Waals surface area contributed by atoms with Gasteiger partial charge in [0.25, 0.3) is 0 Å². The number of hydrogen-bond acceptors (Lipinski definition) is 3. The Morgan fingerprint density at radius 2 is 1.48 bits per heavy atom. The van der Waals surface area contributed by atoms with Gasteiger partial charge in [-0.25, -0.2) is 0 Å². The third kappa shape index (κ3) is 2.78. The first kappa shape index (κ1) is 15.5. The highest BCUT2D eigenvalue weighted by Gasteiger charge is 2.38. The van der Waals surface area contributed by atoms with Crippen molar-refractivity contribution >= 4 is 5.78 Å². The summed E-state index contributed by atoms with van der Waals surface area (Å²) in [5, 5.41) is 0. The van der Waals surface area contributed by atoms with Crippen LogP contribution in [-0.4, -0.2) is 12.9 Å². The maximum Gasteiger partial charge on any atom is 0.178 e. The molecule has 0 N–H and O–H groups in total.